The first kappa shape index (κ1) is 18.4. The lowest BCUT2D eigenvalue weighted by molar-refractivity contribution is 0.281. The maximum Gasteiger partial charge on any atom is 0.225 e. The van der Waals surface area contributed by atoms with E-state index in [1.165, 1.54) is 0 Å². The van der Waals surface area contributed by atoms with E-state index in [9.17, 15) is 5.11 Å². The molecule has 3 rings (SSSR count). The van der Waals surface area contributed by atoms with Crippen LogP contribution in [0.3, 0.4) is 0 Å². The van der Waals surface area contributed by atoms with Crippen LogP contribution in [0, 0.1) is 0 Å². The zero-order chi connectivity index (χ0) is 18.5. The number of hydrogen-bond donors (Lipinski definition) is 3. The predicted octanol–water partition coefficient (Wildman–Crippen LogP) is 4.38. The molecule has 8 heteroatoms. The SMILES string of the molecule is C[C@H](CO)Nc1nc(Nc2c(Cl)cccc2Cl)cc(-c2cccnc2)n1. The van der Waals surface area contributed by atoms with Gasteiger partial charge in [0.25, 0.3) is 0 Å². The summed E-state index contributed by atoms with van der Waals surface area (Å²) in [5.74, 6) is 0.889. The Labute approximate surface area is 161 Å². The van der Waals surface area contributed by atoms with Gasteiger partial charge in [-0.1, -0.05) is 29.3 Å². The fourth-order valence-electron chi connectivity index (χ4n) is 2.25. The van der Waals surface area contributed by atoms with Gasteiger partial charge in [-0.05, 0) is 31.2 Å². The van der Waals surface area contributed by atoms with Gasteiger partial charge in [-0.3, -0.25) is 4.98 Å². The summed E-state index contributed by atoms with van der Waals surface area (Å²) in [6.45, 7) is 1.79. The standard InChI is InChI=1S/C18H17Cl2N5O/c1-11(10-26)22-18-23-15(12-4-3-7-21-9-12)8-16(25-18)24-17-13(19)5-2-6-14(17)20/h2-9,11,26H,10H2,1H3,(H2,22,23,24,25)/t11-/m1/s1. The molecule has 0 aliphatic heterocycles. The van der Waals surface area contributed by atoms with Gasteiger partial charge >= 0.3 is 0 Å². The maximum atomic E-state index is 9.28. The number of anilines is 3. The minimum Gasteiger partial charge on any atom is -0.394 e. The molecule has 2 heterocycles. The van der Waals surface area contributed by atoms with Crippen molar-refractivity contribution in [2.75, 3.05) is 17.2 Å². The highest BCUT2D eigenvalue weighted by Gasteiger charge is 2.12. The molecule has 3 aromatic rings. The average Bonchev–Trinajstić information content (AvgIpc) is 2.65. The van der Waals surface area contributed by atoms with Crippen LogP contribution in [0.15, 0.2) is 48.8 Å². The first-order chi connectivity index (χ1) is 12.6. The molecule has 0 aliphatic carbocycles. The lowest BCUT2D eigenvalue weighted by Gasteiger charge is -2.15. The normalized spacial score (nSPS) is 11.8. The number of nitrogens with one attached hydrogen (secondary N) is 2. The smallest absolute Gasteiger partial charge is 0.225 e. The highest BCUT2D eigenvalue weighted by Crippen LogP contribution is 2.33. The molecule has 0 aliphatic rings. The third kappa shape index (κ3) is 4.40. The topological polar surface area (TPSA) is 83.0 Å². The summed E-state index contributed by atoms with van der Waals surface area (Å²) in [6.07, 6.45) is 3.41. The molecule has 0 fully saturated rings. The van der Waals surface area contributed by atoms with Gasteiger partial charge < -0.3 is 15.7 Å². The number of halogens is 2. The first-order valence-electron chi connectivity index (χ1n) is 7.94. The third-order valence-electron chi connectivity index (χ3n) is 3.55. The number of aliphatic hydroxyl groups is 1. The number of benzene rings is 1. The van der Waals surface area contributed by atoms with Crippen LogP contribution in [0.1, 0.15) is 6.92 Å². The highest BCUT2D eigenvalue weighted by atomic mass is 35.5. The minimum absolute atomic E-state index is 0.0421. The summed E-state index contributed by atoms with van der Waals surface area (Å²) >= 11 is 12.5. The van der Waals surface area contributed by atoms with Gasteiger partial charge in [0.1, 0.15) is 5.82 Å². The van der Waals surface area contributed by atoms with Gasteiger partial charge in [-0.25, -0.2) is 4.98 Å². The molecule has 0 bridgehead atoms. The summed E-state index contributed by atoms with van der Waals surface area (Å²) in [5, 5.41) is 16.5. The molecule has 134 valence electrons. The van der Waals surface area contributed by atoms with Crippen LogP contribution >= 0.6 is 23.2 Å². The van der Waals surface area contributed by atoms with Crippen molar-refractivity contribution in [3.8, 4) is 11.3 Å². The lowest BCUT2D eigenvalue weighted by atomic mass is 10.2. The first-order valence-corrected chi connectivity index (χ1v) is 8.70. The van der Waals surface area contributed by atoms with Crippen molar-refractivity contribution in [3.63, 3.8) is 0 Å². The average molecular weight is 390 g/mol. The Morgan fingerprint density at radius 3 is 2.54 bits per heavy atom. The number of nitrogens with zero attached hydrogens (tertiary/aromatic N) is 3. The van der Waals surface area contributed by atoms with Crippen LogP contribution < -0.4 is 10.6 Å². The van der Waals surface area contributed by atoms with Crippen molar-refractivity contribution in [1.82, 2.24) is 15.0 Å². The monoisotopic (exact) mass is 389 g/mol. The van der Waals surface area contributed by atoms with Gasteiger partial charge in [0, 0.05) is 30.1 Å². The summed E-state index contributed by atoms with van der Waals surface area (Å²) < 4.78 is 0. The maximum absolute atomic E-state index is 9.28. The molecule has 0 radical (unpaired) electrons. The molecule has 2 aromatic heterocycles. The van der Waals surface area contributed by atoms with Crippen LogP contribution in [0.2, 0.25) is 10.0 Å². The summed E-state index contributed by atoms with van der Waals surface area (Å²) in [5.41, 5.74) is 2.07. The van der Waals surface area contributed by atoms with Gasteiger partial charge in [0.15, 0.2) is 0 Å². The second-order valence-electron chi connectivity index (χ2n) is 5.65. The Balaban J connectivity index is 2.02. The van der Waals surface area contributed by atoms with Crippen LogP contribution in [0.4, 0.5) is 17.5 Å². The number of para-hydroxylation sites is 1. The summed E-state index contributed by atoms with van der Waals surface area (Å²) in [4.78, 5) is 13.1. The molecule has 0 saturated carbocycles. The second-order valence-corrected chi connectivity index (χ2v) is 6.47. The van der Waals surface area contributed by atoms with Gasteiger partial charge in [-0.15, -0.1) is 0 Å². The Kier molecular flexibility index (Phi) is 5.88. The Bertz CT molecular complexity index is 872. The zero-order valence-corrected chi connectivity index (χ0v) is 15.5. The molecule has 26 heavy (non-hydrogen) atoms. The fraction of sp³-hybridized carbons (Fsp3) is 0.167. The summed E-state index contributed by atoms with van der Waals surface area (Å²) in [7, 11) is 0. The van der Waals surface area contributed by atoms with Crippen molar-refractivity contribution in [2.45, 2.75) is 13.0 Å². The Hall–Kier alpha value is -2.41. The fourth-order valence-corrected chi connectivity index (χ4v) is 2.74. The molecule has 0 spiro atoms. The quantitative estimate of drug-likeness (QED) is 0.579. The van der Waals surface area contributed by atoms with E-state index in [-0.39, 0.29) is 12.6 Å². The number of aliphatic hydroxyl groups excluding tert-OH is 1. The molecule has 0 saturated heterocycles. The minimum atomic E-state index is -0.198. The molecule has 1 aromatic carbocycles. The Morgan fingerprint density at radius 1 is 1.12 bits per heavy atom. The molecule has 6 nitrogen and oxygen atoms in total. The van der Waals surface area contributed by atoms with Crippen LogP contribution in [0.5, 0.6) is 0 Å². The van der Waals surface area contributed by atoms with E-state index in [4.69, 9.17) is 23.2 Å². The van der Waals surface area contributed by atoms with Crippen molar-refractivity contribution in [2.24, 2.45) is 0 Å². The van der Waals surface area contributed by atoms with Gasteiger partial charge in [0.05, 0.1) is 28.0 Å². The molecular formula is C18H17Cl2N5O. The number of hydrogen-bond acceptors (Lipinski definition) is 6. The van der Waals surface area contributed by atoms with E-state index in [1.54, 1.807) is 36.7 Å². The molecular weight excluding hydrogens is 373 g/mol. The molecule has 3 N–H and O–H groups in total. The van der Waals surface area contributed by atoms with Crippen molar-refractivity contribution in [1.29, 1.82) is 0 Å². The van der Waals surface area contributed by atoms with Gasteiger partial charge in [0.2, 0.25) is 5.95 Å². The zero-order valence-electron chi connectivity index (χ0n) is 13.9. The second kappa shape index (κ2) is 8.31. The summed E-state index contributed by atoms with van der Waals surface area (Å²) in [6, 6.07) is 10.6. The predicted molar refractivity (Wildman–Crippen MR) is 105 cm³/mol. The van der Waals surface area contributed by atoms with Crippen LogP contribution in [-0.4, -0.2) is 32.7 Å². The molecule has 0 unspecified atom stereocenters. The molecule has 0 amide bonds. The highest BCUT2D eigenvalue weighted by molar-refractivity contribution is 6.39. The number of rotatable bonds is 6. The van der Waals surface area contributed by atoms with Gasteiger partial charge in [-0.2, -0.15) is 4.98 Å². The largest absolute Gasteiger partial charge is 0.394 e. The Morgan fingerprint density at radius 2 is 1.88 bits per heavy atom. The third-order valence-corrected chi connectivity index (χ3v) is 4.18. The van der Waals surface area contributed by atoms with E-state index in [2.05, 4.69) is 25.6 Å². The van der Waals surface area contributed by atoms with Crippen molar-refractivity contribution < 1.29 is 5.11 Å². The van der Waals surface area contributed by atoms with E-state index in [0.29, 0.717) is 33.2 Å². The van der Waals surface area contributed by atoms with E-state index in [0.717, 1.165) is 5.56 Å². The lowest BCUT2D eigenvalue weighted by Crippen LogP contribution is -2.21. The molecule has 1 atom stereocenters. The van der Waals surface area contributed by atoms with Crippen LogP contribution in [-0.2, 0) is 0 Å². The van der Waals surface area contributed by atoms with Crippen LogP contribution in [0.25, 0.3) is 11.3 Å². The number of pyridine rings is 1. The number of aromatic nitrogens is 3. The van der Waals surface area contributed by atoms with E-state index < -0.39 is 0 Å². The van der Waals surface area contributed by atoms with E-state index >= 15 is 0 Å². The van der Waals surface area contributed by atoms with Crippen molar-refractivity contribution >= 4 is 40.7 Å². The van der Waals surface area contributed by atoms with E-state index in [1.807, 2.05) is 19.1 Å². The van der Waals surface area contributed by atoms with Crippen molar-refractivity contribution in [3.05, 3.63) is 58.8 Å².